The number of imide groups is 1. The Hall–Kier alpha value is -3.22. The number of fused-ring (bicyclic) bond motifs is 1. The predicted molar refractivity (Wildman–Crippen MR) is 113 cm³/mol. The van der Waals surface area contributed by atoms with Crippen LogP contribution in [-0.4, -0.2) is 42.3 Å². The van der Waals surface area contributed by atoms with Crippen LogP contribution in [0.1, 0.15) is 63.7 Å². The summed E-state index contributed by atoms with van der Waals surface area (Å²) in [4.78, 5) is 41.2. The van der Waals surface area contributed by atoms with E-state index in [1.807, 2.05) is 6.92 Å². The van der Waals surface area contributed by atoms with Crippen LogP contribution in [0, 0.1) is 5.82 Å². The van der Waals surface area contributed by atoms with Gasteiger partial charge in [0.2, 0.25) is 0 Å². The van der Waals surface area contributed by atoms with Crippen molar-refractivity contribution in [3.63, 3.8) is 0 Å². The molecule has 0 atom stereocenters. The Bertz CT molecular complexity index is 1010. The van der Waals surface area contributed by atoms with E-state index in [2.05, 4.69) is 10.2 Å². The highest BCUT2D eigenvalue weighted by Crippen LogP contribution is 2.32. The molecule has 4 rings (SSSR count). The number of halogens is 1. The lowest BCUT2D eigenvalue weighted by Crippen LogP contribution is -2.30. The highest BCUT2D eigenvalue weighted by molar-refractivity contribution is 6.22. The average molecular weight is 409 g/mol. The van der Waals surface area contributed by atoms with E-state index in [0.717, 1.165) is 38.8 Å². The molecule has 0 radical (unpaired) electrons. The molecule has 30 heavy (non-hydrogen) atoms. The van der Waals surface area contributed by atoms with Crippen molar-refractivity contribution in [1.82, 2.24) is 4.90 Å². The number of nitrogens with zero attached hydrogens (tertiary/aromatic N) is 2. The van der Waals surface area contributed by atoms with Crippen LogP contribution in [0.2, 0.25) is 0 Å². The number of carbonyl (C=O) groups is 3. The quantitative estimate of drug-likeness (QED) is 0.730. The molecule has 0 unspecified atom stereocenters. The van der Waals surface area contributed by atoms with Gasteiger partial charge in [-0.1, -0.05) is 19.4 Å². The van der Waals surface area contributed by atoms with Crippen molar-refractivity contribution in [2.75, 3.05) is 29.9 Å². The fourth-order valence-electron chi connectivity index (χ4n) is 4.00. The first kappa shape index (κ1) is 20.1. The molecule has 2 aromatic carbocycles. The van der Waals surface area contributed by atoms with Gasteiger partial charge >= 0.3 is 0 Å². The number of amides is 3. The zero-order valence-corrected chi connectivity index (χ0v) is 16.9. The first-order valence-corrected chi connectivity index (χ1v) is 10.4. The van der Waals surface area contributed by atoms with Crippen molar-refractivity contribution in [3.8, 4) is 0 Å². The first-order chi connectivity index (χ1) is 14.5. The highest BCUT2D eigenvalue weighted by atomic mass is 19.1. The van der Waals surface area contributed by atoms with E-state index in [4.69, 9.17) is 0 Å². The Morgan fingerprint density at radius 1 is 1.07 bits per heavy atom. The molecule has 0 spiro atoms. The molecule has 156 valence electrons. The Morgan fingerprint density at radius 2 is 1.80 bits per heavy atom. The maximum Gasteiger partial charge on any atom is 0.261 e. The zero-order chi connectivity index (χ0) is 21.3. The summed E-state index contributed by atoms with van der Waals surface area (Å²) in [6.45, 7) is 3.98. The largest absolute Gasteiger partial charge is 0.370 e. The molecule has 2 aliphatic rings. The number of hydrogen-bond donors (Lipinski definition) is 1. The number of rotatable bonds is 6. The van der Waals surface area contributed by atoms with Gasteiger partial charge in [0.15, 0.2) is 0 Å². The molecule has 0 bridgehead atoms. The van der Waals surface area contributed by atoms with Crippen LogP contribution in [0.3, 0.4) is 0 Å². The van der Waals surface area contributed by atoms with Crippen molar-refractivity contribution in [1.29, 1.82) is 0 Å². The van der Waals surface area contributed by atoms with Crippen LogP contribution in [-0.2, 0) is 0 Å². The minimum atomic E-state index is -0.518. The topological polar surface area (TPSA) is 69.7 Å². The summed E-state index contributed by atoms with van der Waals surface area (Å²) in [5, 5.41) is 2.67. The highest BCUT2D eigenvalue weighted by Gasteiger charge is 2.35. The van der Waals surface area contributed by atoms with Crippen LogP contribution >= 0.6 is 0 Å². The van der Waals surface area contributed by atoms with Crippen molar-refractivity contribution in [2.24, 2.45) is 0 Å². The fourth-order valence-corrected chi connectivity index (χ4v) is 4.00. The lowest BCUT2D eigenvalue weighted by atomic mass is 10.1. The molecule has 0 saturated carbocycles. The summed E-state index contributed by atoms with van der Waals surface area (Å²) >= 11 is 0. The maximum absolute atomic E-state index is 14.5. The third-order valence-electron chi connectivity index (χ3n) is 5.65. The van der Waals surface area contributed by atoms with Gasteiger partial charge in [-0.15, -0.1) is 0 Å². The summed E-state index contributed by atoms with van der Waals surface area (Å²) in [7, 11) is 0. The lowest BCUT2D eigenvalue weighted by Gasteiger charge is -2.22. The molecule has 0 aromatic heterocycles. The molecule has 1 fully saturated rings. The van der Waals surface area contributed by atoms with Gasteiger partial charge in [-0.05, 0) is 49.6 Å². The van der Waals surface area contributed by atoms with Gasteiger partial charge in [-0.3, -0.25) is 19.3 Å². The van der Waals surface area contributed by atoms with Crippen LogP contribution in [0.5, 0.6) is 0 Å². The number of unbranched alkanes of at least 4 members (excludes halogenated alkanes) is 1. The summed E-state index contributed by atoms with van der Waals surface area (Å²) in [5.74, 6) is -1.75. The second-order valence-electron chi connectivity index (χ2n) is 7.66. The van der Waals surface area contributed by atoms with Gasteiger partial charge < -0.3 is 10.2 Å². The molecular formula is C23H24FN3O3. The Balaban J connectivity index is 1.59. The third-order valence-corrected chi connectivity index (χ3v) is 5.65. The summed E-state index contributed by atoms with van der Waals surface area (Å²) in [6, 6.07) is 9.15. The zero-order valence-electron chi connectivity index (χ0n) is 16.9. The molecule has 0 aliphatic carbocycles. The van der Waals surface area contributed by atoms with E-state index in [1.54, 1.807) is 12.1 Å². The van der Waals surface area contributed by atoms with E-state index in [-0.39, 0.29) is 28.6 Å². The normalized spacial score (nSPS) is 15.7. The third kappa shape index (κ3) is 3.56. The smallest absolute Gasteiger partial charge is 0.261 e. The Labute approximate surface area is 174 Å². The molecule has 2 heterocycles. The second kappa shape index (κ2) is 8.26. The number of para-hydroxylation sites is 1. The number of hydrogen-bond acceptors (Lipinski definition) is 4. The summed E-state index contributed by atoms with van der Waals surface area (Å²) < 4.78 is 14.5. The minimum Gasteiger partial charge on any atom is -0.370 e. The van der Waals surface area contributed by atoms with Crippen LogP contribution in [0.4, 0.5) is 15.8 Å². The van der Waals surface area contributed by atoms with E-state index in [0.29, 0.717) is 17.8 Å². The maximum atomic E-state index is 14.5. The molecule has 1 N–H and O–H groups in total. The van der Waals surface area contributed by atoms with Gasteiger partial charge in [-0.2, -0.15) is 0 Å². The van der Waals surface area contributed by atoms with Gasteiger partial charge in [0.25, 0.3) is 17.7 Å². The van der Waals surface area contributed by atoms with E-state index < -0.39 is 11.7 Å². The number of carbonyl (C=O) groups excluding carboxylic acids is 3. The first-order valence-electron chi connectivity index (χ1n) is 10.4. The number of benzene rings is 2. The molecule has 7 heteroatoms. The average Bonchev–Trinajstić information content (AvgIpc) is 3.36. The van der Waals surface area contributed by atoms with E-state index in [9.17, 15) is 18.8 Å². The molecular weight excluding hydrogens is 385 g/mol. The summed E-state index contributed by atoms with van der Waals surface area (Å²) in [6.07, 6.45) is 3.65. The fraction of sp³-hybridized carbons (Fsp3) is 0.348. The molecule has 1 saturated heterocycles. The molecule has 3 amide bonds. The predicted octanol–water partition coefficient (Wildman–Crippen LogP) is 4.07. The van der Waals surface area contributed by atoms with Crippen LogP contribution < -0.4 is 10.2 Å². The van der Waals surface area contributed by atoms with Gasteiger partial charge in [-0.25, -0.2) is 4.39 Å². The standard InChI is InChI=1S/C23H24FN3O3/c1-2-3-13-27-22(29)16-10-9-15(14-17(16)23(27)30)21(28)25-20-18(24)7-6-8-19(20)26-11-4-5-12-26/h6-10,14H,2-5,11-13H2,1H3,(H,25,28). The van der Waals surface area contributed by atoms with E-state index >= 15 is 0 Å². The SMILES string of the molecule is CCCCN1C(=O)c2ccc(C(=O)Nc3c(F)cccc3N3CCCC3)cc2C1=O. The minimum absolute atomic E-state index is 0.136. The van der Waals surface area contributed by atoms with Crippen molar-refractivity contribution >= 4 is 29.1 Å². The summed E-state index contributed by atoms with van der Waals surface area (Å²) in [5.41, 5.74) is 1.52. The van der Waals surface area contributed by atoms with Crippen molar-refractivity contribution < 1.29 is 18.8 Å². The van der Waals surface area contributed by atoms with Gasteiger partial charge in [0.1, 0.15) is 11.5 Å². The van der Waals surface area contributed by atoms with Crippen LogP contribution in [0.15, 0.2) is 36.4 Å². The molecule has 2 aromatic rings. The van der Waals surface area contributed by atoms with Gasteiger partial charge in [0.05, 0.1) is 16.8 Å². The molecule has 6 nitrogen and oxygen atoms in total. The number of anilines is 2. The lowest BCUT2D eigenvalue weighted by molar-refractivity contribution is 0.0652. The molecule has 2 aliphatic heterocycles. The monoisotopic (exact) mass is 409 g/mol. The van der Waals surface area contributed by atoms with Crippen molar-refractivity contribution in [2.45, 2.75) is 32.6 Å². The van der Waals surface area contributed by atoms with Gasteiger partial charge in [0, 0.05) is 25.2 Å². The number of nitrogens with one attached hydrogen (secondary N) is 1. The van der Waals surface area contributed by atoms with Crippen LogP contribution in [0.25, 0.3) is 0 Å². The Kier molecular flexibility index (Phi) is 5.53. The Morgan fingerprint density at radius 3 is 2.53 bits per heavy atom. The van der Waals surface area contributed by atoms with E-state index in [1.165, 1.54) is 29.2 Å². The second-order valence-corrected chi connectivity index (χ2v) is 7.66. The van der Waals surface area contributed by atoms with Crippen molar-refractivity contribution in [3.05, 3.63) is 58.9 Å².